The molecule has 2 heterocycles. The summed E-state index contributed by atoms with van der Waals surface area (Å²) in [5, 5.41) is 13.9. The van der Waals surface area contributed by atoms with Gasteiger partial charge in [-0.3, -0.25) is 0 Å². The molecule has 0 saturated carbocycles. The number of rotatable bonds is 3. The number of nitriles is 1. The van der Waals surface area contributed by atoms with Gasteiger partial charge in [0.25, 0.3) is 0 Å². The SMILES string of the molecule is COc1ccc(-n2nc(N3CCCC3)c(C#N)c2N)cc1. The maximum absolute atomic E-state index is 9.37. The number of aromatic nitrogens is 2. The first-order valence-electron chi connectivity index (χ1n) is 6.92. The summed E-state index contributed by atoms with van der Waals surface area (Å²) in [5.41, 5.74) is 7.37. The zero-order chi connectivity index (χ0) is 14.8. The van der Waals surface area contributed by atoms with E-state index in [1.807, 2.05) is 24.3 Å². The number of hydrogen-bond donors (Lipinski definition) is 1. The molecule has 1 aliphatic heterocycles. The van der Waals surface area contributed by atoms with Crippen molar-refractivity contribution < 1.29 is 4.74 Å². The maximum atomic E-state index is 9.37. The van der Waals surface area contributed by atoms with E-state index >= 15 is 0 Å². The summed E-state index contributed by atoms with van der Waals surface area (Å²) in [5.74, 6) is 1.83. The van der Waals surface area contributed by atoms with Gasteiger partial charge in [0.2, 0.25) is 0 Å². The van der Waals surface area contributed by atoms with Crippen molar-refractivity contribution in [2.24, 2.45) is 0 Å². The Morgan fingerprint density at radius 1 is 1.24 bits per heavy atom. The van der Waals surface area contributed by atoms with Crippen molar-refractivity contribution in [3.63, 3.8) is 0 Å². The first-order chi connectivity index (χ1) is 10.2. The number of hydrogen-bond acceptors (Lipinski definition) is 5. The van der Waals surface area contributed by atoms with Crippen molar-refractivity contribution in [3.05, 3.63) is 29.8 Å². The molecule has 21 heavy (non-hydrogen) atoms. The largest absolute Gasteiger partial charge is 0.497 e. The first-order valence-corrected chi connectivity index (χ1v) is 6.92. The van der Waals surface area contributed by atoms with Crippen LogP contribution in [-0.2, 0) is 0 Å². The Labute approximate surface area is 123 Å². The lowest BCUT2D eigenvalue weighted by atomic mass is 10.3. The third kappa shape index (κ3) is 2.27. The van der Waals surface area contributed by atoms with E-state index in [-0.39, 0.29) is 0 Å². The highest BCUT2D eigenvalue weighted by molar-refractivity contribution is 5.67. The van der Waals surface area contributed by atoms with Crippen LogP contribution >= 0.6 is 0 Å². The fourth-order valence-corrected chi connectivity index (χ4v) is 2.60. The van der Waals surface area contributed by atoms with Crippen molar-refractivity contribution in [1.82, 2.24) is 9.78 Å². The molecule has 0 unspecified atom stereocenters. The van der Waals surface area contributed by atoms with Crippen molar-refractivity contribution in [2.45, 2.75) is 12.8 Å². The molecule has 0 atom stereocenters. The van der Waals surface area contributed by atoms with Crippen LogP contribution < -0.4 is 15.4 Å². The zero-order valence-electron chi connectivity index (χ0n) is 11.9. The van der Waals surface area contributed by atoms with Gasteiger partial charge in [-0.1, -0.05) is 0 Å². The average molecular weight is 283 g/mol. The number of methoxy groups -OCH3 is 1. The summed E-state index contributed by atoms with van der Waals surface area (Å²) in [6.45, 7) is 1.85. The Morgan fingerprint density at radius 2 is 1.90 bits per heavy atom. The Kier molecular flexibility index (Phi) is 3.40. The van der Waals surface area contributed by atoms with Crippen LogP contribution in [0.25, 0.3) is 5.69 Å². The van der Waals surface area contributed by atoms with Crippen molar-refractivity contribution in [3.8, 4) is 17.5 Å². The predicted molar refractivity (Wildman–Crippen MR) is 80.7 cm³/mol. The summed E-state index contributed by atoms with van der Waals surface area (Å²) >= 11 is 0. The molecule has 2 N–H and O–H groups in total. The Bertz CT molecular complexity index is 677. The van der Waals surface area contributed by atoms with Crippen LogP contribution in [0, 0.1) is 11.3 Å². The molecule has 6 nitrogen and oxygen atoms in total. The molecule has 3 rings (SSSR count). The quantitative estimate of drug-likeness (QED) is 0.931. The summed E-state index contributed by atoms with van der Waals surface area (Å²) in [4.78, 5) is 2.12. The van der Waals surface area contributed by atoms with Gasteiger partial charge in [-0.15, -0.1) is 5.10 Å². The molecule has 1 fully saturated rings. The number of nitrogens with zero attached hydrogens (tertiary/aromatic N) is 4. The van der Waals surface area contributed by atoms with Gasteiger partial charge < -0.3 is 15.4 Å². The lowest BCUT2D eigenvalue weighted by Crippen LogP contribution is -2.19. The van der Waals surface area contributed by atoms with Crippen LogP contribution in [0.4, 0.5) is 11.6 Å². The standard InChI is InChI=1S/C15H17N5O/c1-21-12-6-4-11(5-7-12)20-14(17)13(10-16)15(18-20)19-8-2-3-9-19/h4-7H,2-3,8-9,17H2,1H3. The number of anilines is 2. The summed E-state index contributed by atoms with van der Waals surface area (Å²) in [6.07, 6.45) is 2.25. The molecule has 0 bridgehead atoms. The van der Waals surface area contributed by atoms with Gasteiger partial charge in [-0.25, -0.2) is 4.68 Å². The van der Waals surface area contributed by atoms with Crippen LogP contribution in [0.15, 0.2) is 24.3 Å². The molecule has 1 aromatic carbocycles. The van der Waals surface area contributed by atoms with Crippen LogP contribution in [0.5, 0.6) is 5.75 Å². The lowest BCUT2D eigenvalue weighted by Gasteiger charge is -2.13. The van der Waals surface area contributed by atoms with Gasteiger partial charge >= 0.3 is 0 Å². The smallest absolute Gasteiger partial charge is 0.171 e. The molecule has 1 aromatic heterocycles. The molecule has 0 aliphatic carbocycles. The molecule has 0 radical (unpaired) electrons. The Balaban J connectivity index is 2.04. The van der Waals surface area contributed by atoms with Crippen LogP contribution in [0.3, 0.4) is 0 Å². The number of nitrogen functional groups attached to an aromatic ring is 1. The molecule has 6 heteroatoms. The van der Waals surface area contributed by atoms with E-state index in [0.717, 1.165) is 37.4 Å². The second-order valence-corrected chi connectivity index (χ2v) is 5.00. The van der Waals surface area contributed by atoms with Crippen LogP contribution in [0.2, 0.25) is 0 Å². The molecule has 1 saturated heterocycles. The predicted octanol–water partition coefficient (Wildman–Crippen LogP) is 1.93. The highest BCUT2D eigenvalue weighted by Gasteiger charge is 2.23. The molecule has 0 amide bonds. The number of benzene rings is 1. The monoisotopic (exact) mass is 283 g/mol. The van der Waals surface area contributed by atoms with Crippen molar-refractivity contribution in [2.75, 3.05) is 30.8 Å². The van der Waals surface area contributed by atoms with Gasteiger partial charge in [-0.2, -0.15) is 5.26 Å². The van der Waals surface area contributed by atoms with Gasteiger partial charge in [0.15, 0.2) is 5.82 Å². The normalized spacial score (nSPS) is 14.2. The number of ether oxygens (including phenoxy) is 1. The lowest BCUT2D eigenvalue weighted by molar-refractivity contribution is 0.414. The van der Waals surface area contributed by atoms with Gasteiger partial charge in [0, 0.05) is 13.1 Å². The highest BCUT2D eigenvalue weighted by atomic mass is 16.5. The van der Waals surface area contributed by atoms with E-state index in [9.17, 15) is 5.26 Å². The maximum Gasteiger partial charge on any atom is 0.171 e. The molecule has 108 valence electrons. The average Bonchev–Trinajstić information content (AvgIpc) is 3.15. The fraction of sp³-hybridized carbons (Fsp3) is 0.333. The third-order valence-corrected chi connectivity index (χ3v) is 3.74. The zero-order valence-corrected chi connectivity index (χ0v) is 11.9. The van der Waals surface area contributed by atoms with Crippen molar-refractivity contribution >= 4 is 11.6 Å². The Hall–Kier alpha value is -2.68. The minimum Gasteiger partial charge on any atom is -0.497 e. The second-order valence-electron chi connectivity index (χ2n) is 5.00. The second kappa shape index (κ2) is 5.37. The van der Waals surface area contributed by atoms with Gasteiger partial charge in [0.1, 0.15) is 23.2 Å². The summed E-state index contributed by atoms with van der Waals surface area (Å²) in [6, 6.07) is 9.61. The molecular weight excluding hydrogens is 266 g/mol. The van der Waals surface area contributed by atoms with E-state index in [4.69, 9.17) is 10.5 Å². The van der Waals surface area contributed by atoms with E-state index < -0.39 is 0 Å². The highest BCUT2D eigenvalue weighted by Crippen LogP contribution is 2.29. The van der Waals surface area contributed by atoms with Crippen LogP contribution in [-0.4, -0.2) is 30.0 Å². The Morgan fingerprint density at radius 3 is 2.48 bits per heavy atom. The van der Waals surface area contributed by atoms with Crippen LogP contribution in [0.1, 0.15) is 18.4 Å². The first kappa shape index (κ1) is 13.3. The van der Waals surface area contributed by atoms with Gasteiger partial charge in [-0.05, 0) is 37.1 Å². The topological polar surface area (TPSA) is 80.1 Å². The molecule has 1 aliphatic rings. The summed E-state index contributed by atoms with van der Waals surface area (Å²) in [7, 11) is 1.62. The van der Waals surface area contributed by atoms with Crippen molar-refractivity contribution in [1.29, 1.82) is 5.26 Å². The van der Waals surface area contributed by atoms with E-state index in [2.05, 4.69) is 16.1 Å². The van der Waals surface area contributed by atoms with E-state index in [1.165, 1.54) is 0 Å². The van der Waals surface area contributed by atoms with Gasteiger partial charge in [0.05, 0.1) is 12.8 Å². The number of nitrogens with two attached hydrogens (primary N) is 1. The van der Waals surface area contributed by atoms with E-state index in [0.29, 0.717) is 17.2 Å². The molecule has 2 aromatic rings. The fourth-order valence-electron chi connectivity index (χ4n) is 2.60. The van der Waals surface area contributed by atoms with E-state index in [1.54, 1.807) is 11.8 Å². The summed E-state index contributed by atoms with van der Waals surface area (Å²) < 4.78 is 6.76. The minimum atomic E-state index is 0.379. The third-order valence-electron chi connectivity index (χ3n) is 3.74. The minimum absolute atomic E-state index is 0.379. The molecule has 0 spiro atoms. The molecular formula is C15H17N5O.